The van der Waals surface area contributed by atoms with Crippen molar-refractivity contribution >= 4 is 22.6 Å². The standard InChI is InChI=1S/C11H16INO/c1-9(2)8-14-13-7-10-3-5-11(12)6-4-10/h3-6,9,13H,7-8H2,1-2H3. The van der Waals surface area contributed by atoms with Gasteiger partial charge in [0.2, 0.25) is 0 Å². The number of nitrogens with one attached hydrogen (secondary N) is 1. The maximum atomic E-state index is 5.28. The zero-order chi connectivity index (χ0) is 10.4. The summed E-state index contributed by atoms with van der Waals surface area (Å²) < 4.78 is 1.26. The van der Waals surface area contributed by atoms with E-state index in [1.807, 2.05) is 0 Å². The van der Waals surface area contributed by atoms with E-state index in [1.54, 1.807) is 0 Å². The van der Waals surface area contributed by atoms with E-state index < -0.39 is 0 Å². The molecule has 14 heavy (non-hydrogen) atoms. The molecule has 1 aromatic rings. The molecule has 0 saturated heterocycles. The minimum absolute atomic E-state index is 0.569. The van der Waals surface area contributed by atoms with Crippen molar-refractivity contribution in [3.05, 3.63) is 33.4 Å². The molecular formula is C11H16INO. The largest absolute Gasteiger partial charge is 0.301 e. The van der Waals surface area contributed by atoms with Crippen LogP contribution >= 0.6 is 22.6 Å². The quantitative estimate of drug-likeness (QED) is 0.513. The van der Waals surface area contributed by atoms with Crippen molar-refractivity contribution in [3.63, 3.8) is 0 Å². The molecule has 0 heterocycles. The van der Waals surface area contributed by atoms with E-state index in [9.17, 15) is 0 Å². The van der Waals surface area contributed by atoms with E-state index >= 15 is 0 Å². The molecule has 0 amide bonds. The molecule has 2 nitrogen and oxygen atoms in total. The van der Waals surface area contributed by atoms with Gasteiger partial charge in [-0.05, 0) is 46.2 Å². The van der Waals surface area contributed by atoms with Crippen LogP contribution in [0.3, 0.4) is 0 Å². The lowest BCUT2D eigenvalue weighted by Gasteiger charge is -2.07. The average molecular weight is 305 g/mol. The van der Waals surface area contributed by atoms with E-state index in [4.69, 9.17) is 4.84 Å². The smallest absolute Gasteiger partial charge is 0.0705 e. The zero-order valence-electron chi connectivity index (χ0n) is 8.59. The molecule has 0 spiro atoms. The topological polar surface area (TPSA) is 21.3 Å². The van der Waals surface area contributed by atoms with Crippen molar-refractivity contribution in [1.82, 2.24) is 5.48 Å². The second kappa shape index (κ2) is 6.37. The van der Waals surface area contributed by atoms with Gasteiger partial charge >= 0.3 is 0 Å². The fraction of sp³-hybridized carbons (Fsp3) is 0.455. The number of benzene rings is 1. The lowest BCUT2D eigenvalue weighted by Crippen LogP contribution is -2.17. The zero-order valence-corrected chi connectivity index (χ0v) is 10.7. The Labute approximate surface area is 99.1 Å². The summed E-state index contributed by atoms with van der Waals surface area (Å²) in [6.45, 7) is 5.78. The molecule has 1 aromatic carbocycles. The van der Waals surface area contributed by atoms with Crippen molar-refractivity contribution in [2.24, 2.45) is 5.92 Å². The molecule has 1 N–H and O–H groups in total. The molecule has 3 heteroatoms. The highest BCUT2D eigenvalue weighted by Crippen LogP contribution is 2.06. The maximum Gasteiger partial charge on any atom is 0.0705 e. The molecule has 1 rings (SSSR count). The molecule has 0 aliphatic heterocycles. The van der Waals surface area contributed by atoms with Crippen LogP contribution in [0.25, 0.3) is 0 Å². The SMILES string of the molecule is CC(C)CONCc1ccc(I)cc1. The summed E-state index contributed by atoms with van der Waals surface area (Å²) >= 11 is 2.30. The summed E-state index contributed by atoms with van der Waals surface area (Å²) in [5.41, 5.74) is 4.19. The van der Waals surface area contributed by atoms with E-state index in [0.29, 0.717) is 5.92 Å². The van der Waals surface area contributed by atoms with Crippen LogP contribution in [-0.2, 0) is 11.4 Å². The Morgan fingerprint density at radius 3 is 2.50 bits per heavy atom. The first-order valence-corrected chi connectivity index (χ1v) is 5.85. The Morgan fingerprint density at radius 2 is 1.93 bits per heavy atom. The molecule has 0 aromatic heterocycles. The normalized spacial score (nSPS) is 10.9. The van der Waals surface area contributed by atoms with Gasteiger partial charge in [0.05, 0.1) is 6.61 Å². The summed E-state index contributed by atoms with van der Waals surface area (Å²) in [6.07, 6.45) is 0. The van der Waals surface area contributed by atoms with E-state index in [1.165, 1.54) is 9.13 Å². The van der Waals surface area contributed by atoms with Gasteiger partial charge in [-0.25, -0.2) is 0 Å². The second-order valence-corrected chi connectivity index (χ2v) is 4.90. The molecule has 0 bridgehead atoms. The molecule has 0 aliphatic rings. The number of halogens is 1. The van der Waals surface area contributed by atoms with Crippen LogP contribution in [0.2, 0.25) is 0 Å². The van der Waals surface area contributed by atoms with Gasteiger partial charge in [-0.2, -0.15) is 5.48 Å². The second-order valence-electron chi connectivity index (χ2n) is 3.65. The van der Waals surface area contributed by atoms with Crippen LogP contribution in [0.15, 0.2) is 24.3 Å². The number of rotatable bonds is 5. The number of hydrogen-bond donors (Lipinski definition) is 1. The van der Waals surface area contributed by atoms with Gasteiger partial charge < -0.3 is 4.84 Å². The molecular weight excluding hydrogens is 289 g/mol. The van der Waals surface area contributed by atoms with Gasteiger partial charge in [-0.1, -0.05) is 26.0 Å². The van der Waals surface area contributed by atoms with Gasteiger partial charge in [-0.3, -0.25) is 0 Å². The van der Waals surface area contributed by atoms with Gasteiger partial charge in [0.25, 0.3) is 0 Å². The lowest BCUT2D eigenvalue weighted by atomic mass is 10.2. The predicted molar refractivity (Wildman–Crippen MR) is 66.8 cm³/mol. The third-order valence-corrected chi connectivity index (χ3v) is 2.43. The molecule has 78 valence electrons. The van der Waals surface area contributed by atoms with Crippen molar-refractivity contribution in [3.8, 4) is 0 Å². The molecule has 0 unspecified atom stereocenters. The number of hydroxylamine groups is 1. The fourth-order valence-corrected chi connectivity index (χ4v) is 1.32. The van der Waals surface area contributed by atoms with Crippen LogP contribution < -0.4 is 5.48 Å². The molecule has 0 aliphatic carbocycles. The van der Waals surface area contributed by atoms with Crippen molar-refractivity contribution < 1.29 is 4.84 Å². The molecule has 0 radical (unpaired) electrons. The summed E-state index contributed by atoms with van der Waals surface area (Å²) in [5.74, 6) is 0.569. The Kier molecular flexibility index (Phi) is 5.44. The van der Waals surface area contributed by atoms with Crippen LogP contribution in [0.4, 0.5) is 0 Å². The molecule has 0 atom stereocenters. The van der Waals surface area contributed by atoms with E-state index in [-0.39, 0.29) is 0 Å². The minimum atomic E-state index is 0.569. The Hall–Kier alpha value is -0.130. The van der Waals surface area contributed by atoms with Gasteiger partial charge in [0.1, 0.15) is 0 Å². The highest BCUT2D eigenvalue weighted by Gasteiger charge is 1.94. The average Bonchev–Trinajstić information content (AvgIpc) is 2.15. The highest BCUT2D eigenvalue weighted by atomic mass is 127. The van der Waals surface area contributed by atoms with Crippen molar-refractivity contribution in [1.29, 1.82) is 0 Å². The van der Waals surface area contributed by atoms with E-state index in [0.717, 1.165) is 13.2 Å². The van der Waals surface area contributed by atoms with Gasteiger partial charge in [0, 0.05) is 10.1 Å². The van der Waals surface area contributed by atoms with Crippen LogP contribution in [0, 0.1) is 9.49 Å². The van der Waals surface area contributed by atoms with Crippen LogP contribution in [-0.4, -0.2) is 6.61 Å². The Balaban J connectivity index is 2.21. The van der Waals surface area contributed by atoms with Gasteiger partial charge in [0.15, 0.2) is 0 Å². The van der Waals surface area contributed by atoms with Crippen molar-refractivity contribution in [2.75, 3.05) is 6.61 Å². The first kappa shape index (κ1) is 11.9. The first-order chi connectivity index (χ1) is 6.68. The lowest BCUT2D eigenvalue weighted by molar-refractivity contribution is 0.0196. The molecule has 0 saturated carbocycles. The predicted octanol–water partition coefficient (Wildman–Crippen LogP) is 2.97. The highest BCUT2D eigenvalue weighted by molar-refractivity contribution is 14.1. The summed E-state index contributed by atoms with van der Waals surface area (Å²) in [6, 6.07) is 8.40. The third kappa shape index (κ3) is 4.93. The summed E-state index contributed by atoms with van der Waals surface area (Å²) in [4.78, 5) is 5.28. The van der Waals surface area contributed by atoms with Crippen LogP contribution in [0.5, 0.6) is 0 Å². The summed E-state index contributed by atoms with van der Waals surface area (Å²) in [5, 5.41) is 0. The number of hydrogen-bond acceptors (Lipinski definition) is 2. The van der Waals surface area contributed by atoms with E-state index in [2.05, 4.69) is 66.2 Å². The van der Waals surface area contributed by atoms with Gasteiger partial charge in [-0.15, -0.1) is 0 Å². The first-order valence-electron chi connectivity index (χ1n) is 4.77. The fourth-order valence-electron chi connectivity index (χ4n) is 0.962. The Bertz CT molecular complexity index is 258. The maximum absolute atomic E-state index is 5.28. The Morgan fingerprint density at radius 1 is 1.29 bits per heavy atom. The summed E-state index contributed by atoms with van der Waals surface area (Å²) in [7, 11) is 0. The minimum Gasteiger partial charge on any atom is -0.301 e. The van der Waals surface area contributed by atoms with Crippen molar-refractivity contribution in [2.45, 2.75) is 20.4 Å². The van der Waals surface area contributed by atoms with Crippen LogP contribution in [0.1, 0.15) is 19.4 Å². The third-order valence-electron chi connectivity index (χ3n) is 1.71. The molecule has 0 fully saturated rings. The monoisotopic (exact) mass is 305 g/mol.